The number of rotatable bonds is 3. The first-order valence-electron chi connectivity index (χ1n) is 7.07. The van der Waals surface area contributed by atoms with Crippen LogP contribution in [0, 0.1) is 17.0 Å². The van der Waals surface area contributed by atoms with Gasteiger partial charge >= 0.3 is 0 Å². The predicted octanol–water partition coefficient (Wildman–Crippen LogP) is -1.02. The maximum absolute atomic E-state index is 10.9. The Morgan fingerprint density at radius 3 is 2.77 bits per heavy atom. The lowest BCUT2D eigenvalue weighted by atomic mass is 10.1. The summed E-state index contributed by atoms with van der Waals surface area (Å²) in [5, 5.41) is 10.9. The lowest BCUT2D eigenvalue weighted by molar-refractivity contribution is -0.671. The molecular weight excluding hydrogens is 304 g/mol. The summed E-state index contributed by atoms with van der Waals surface area (Å²) in [6.45, 7) is 3.71. The third-order valence-corrected chi connectivity index (χ3v) is 4.12. The molecule has 0 N–H and O–H groups in total. The maximum atomic E-state index is 10.9. The van der Waals surface area contributed by atoms with Gasteiger partial charge in [0.25, 0.3) is 5.69 Å². The van der Waals surface area contributed by atoms with Crippen LogP contribution in [-0.2, 0) is 7.05 Å². The van der Waals surface area contributed by atoms with Gasteiger partial charge < -0.3 is 17.3 Å². The van der Waals surface area contributed by atoms with E-state index in [0.717, 1.165) is 25.2 Å². The highest BCUT2D eigenvalue weighted by Crippen LogP contribution is 2.29. The summed E-state index contributed by atoms with van der Waals surface area (Å²) in [6.07, 6.45) is 7.31. The van der Waals surface area contributed by atoms with Crippen LogP contribution in [0.25, 0.3) is 0 Å². The van der Waals surface area contributed by atoms with E-state index >= 15 is 0 Å². The van der Waals surface area contributed by atoms with Gasteiger partial charge in [0.15, 0.2) is 0 Å². The number of halogens is 1. The van der Waals surface area contributed by atoms with E-state index in [-0.39, 0.29) is 23.0 Å². The van der Waals surface area contributed by atoms with Gasteiger partial charge in [-0.25, -0.2) is 9.13 Å². The number of hydrogen-bond donors (Lipinski definition) is 0. The molecule has 1 aliphatic heterocycles. The summed E-state index contributed by atoms with van der Waals surface area (Å²) < 4.78 is 4.27. The molecule has 1 aromatic heterocycles. The number of aromatic nitrogens is 2. The fourth-order valence-corrected chi connectivity index (χ4v) is 2.95. The van der Waals surface area contributed by atoms with Crippen molar-refractivity contribution in [1.82, 2.24) is 4.57 Å². The van der Waals surface area contributed by atoms with Crippen molar-refractivity contribution in [3.05, 3.63) is 52.6 Å². The number of benzene rings is 1. The van der Waals surface area contributed by atoms with Gasteiger partial charge in [-0.15, -0.1) is 0 Å². The second-order valence-electron chi connectivity index (χ2n) is 5.64. The number of anilines is 1. The number of nitrogens with zero attached hydrogens (tertiary/aromatic N) is 4. The smallest absolute Gasteiger partial charge is 0.272 e. The topological polar surface area (TPSA) is 55.2 Å². The lowest BCUT2D eigenvalue weighted by Crippen LogP contribution is -3.00. The van der Waals surface area contributed by atoms with Crippen molar-refractivity contribution in [3.8, 4) is 0 Å². The standard InChI is InChI=1S/C15H19N4O2.ClH/c1-12-9-13(3-4-15(12)19(20)21)17-6-5-14(10-17)18-8-7-16(2)11-18;/h3-4,7-9,11,14H,5-6,10H2,1-2H3;1H/q+1;/p-1. The number of nitro benzene ring substituents is 1. The van der Waals surface area contributed by atoms with E-state index < -0.39 is 0 Å². The second kappa shape index (κ2) is 6.36. The van der Waals surface area contributed by atoms with Crippen LogP contribution < -0.4 is 21.9 Å². The summed E-state index contributed by atoms with van der Waals surface area (Å²) in [5.74, 6) is 0. The molecule has 0 aliphatic carbocycles. The summed E-state index contributed by atoms with van der Waals surface area (Å²) in [4.78, 5) is 12.8. The van der Waals surface area contributed by atoms with E-state index in [4.69, 9.17) is 0 Å². The molecule has 1 atom stereocenters. The van der Waals surface area contributed by atoms with Crippen LogP contribution in [0.3, 0.4) is 0 Å². The minimum atomic E-state index is -0.328. The van der Waals surface area contributed by atoms with E-state index in [1.165, 1.54) is 0 Å². The molecule has 7 heteroatoms. The largest absolute Gasteiger partial charge is 1.00 e. The molecule has 2 heterocycles. The number of nitro groups is 1. The first kappa shape index (κ1) is 16.3. The molecule has 6 nitrogen and oxygen atoms in total. The van der Waals surface area contributed by atoms with Crippen molar-refractivity contribution in [2.45, 2.75) is 19.4 Å². The normalized spacial score (nSPS) is 17.4. The Kier molecular flexibility index (Phi) is 4.71. The van der Waals surface area contributed by atoms with Crippen molar-refractivity contribution in [3.63, 3.8) is 0 Å². The summed E-state index contributed by atoms with van der Waals surface area (Å²) in [7, 11) is 2.02. The third kappa shape index (κ3) is 3.06. The van der Waals surface area contributed by atoms with Gasteiger partial charge in [-0.2, -0.15) is 0 Å². The molecule has 2 aromatic rings. The Hall–Kier alpha value is -2.08. The molecule has 1 saturated heterocycles. The number of hydrogen-bond acceptors (Lipinski definition) is 3. The van der Waals surface area contributed by atoms with Crippen LogP contribution in [0.5, 0.6) is 0 Å². The first-order chi connectivity index (χ1) is 10.0. The van der Waals surface area contributed by atoms with Crippen LogP contribution in [-0.4, -0.2) is 22.6 Å². The average molecular weight is 323 g/mol. The minimum Gasteiger partial charge on any atom is -1.00 e. The van der Waals surface area contributed by atoms with Crippen molar-refractivity contribution < 1.29 is 21.9 Å². The van der Waals surface area contributed by atoms with Crippen LogP contribution >= 0.6 is 0 Å². The summed E-state index contributed by atoms with van der Waals surface area (Å²) >= 11 is 0. The van der Waals surface area contributed by atoms with Crippen molar-refractivity contribution in [2.24, 2.45) is 7.05 Å². The molecule has 118 valence electrons. The van der Waals surface area contributed by atoms with Gasteiger partial charge in [0, 0.05) is 30.3 Å². The first-order valence-corrected chi connectivity index (χ1v) is 7.07. The van der Waals surface area contributed by atoms with Gasteiger partial charge in [0.05, 0.1) is 18.5 Å². The molecule has 1 aromatic carbocycles. The van der Waals surface area contributed by atoms with E-state index in [9.17, 15) is 10.1 Å². The fourth-order valence-electron chi connectivity index (χ4n) is 2.95. The van der Waals surface area contributed by atoms with Gasteiger partial charge in [0.2, 0.25) is 6.33 Å². The van der Waals surface area contributed by atoms with Crippen LogP contribution in [0.2, 0.25) is 0 Å². The zero-order chi connectivity index (χ0) is 15.0. The Bertz CT molecular complexity index is 686. The highest BCUT2D eigenvalue weighted by Gasteiger charge is 2.28. The molecule has 1 aliphatic rings. The Labute approximate surface area is 135 Å². The van der Waals surface area contributed by atoms with Gasteiger partial charge in [-0.3, -0.25) is 10.1 Å². The fraction of sp³-hybridized carbons (Fsp3) is 0.400. The lowest BCUT2D eigenvalue weighted by Gasteiger charge is -2.18. The maximum Gasteiger partial charge on any atom is 0.272 e. The summed E-state index contributed by atoms with van der Waals surface area (Å²) in [6, 6.07) is 5.83. The molecule has 3 rings (SSSR count). The van der Waals surface area contributed by atoms with E-state index in [1.54, 1.807) is 13.0 Å². The Morgan fingerprint density at radius 1 is 1.41 bits per heavy atom. The zero-order valence-electron chi connectivity index (χ0n) is 12.6. The predicted molar refractivity (Wildman–Crippen MR) is 79.3 cm³/mol. The monoisotopic (exact) mass is 322 g/mol. The molecule has 0 saturated carbocycles. The van der Waals surface area contributed by atoms with E-state index in [2.05, 4.69) is 22.0 Å². The van der Waals surface area contributed by atoms with Crippen LogP contribution in [0.1, 0.15) is 18.0 Å². The van der Waals surface area contributed by atoms with Gasteiger partial charge in [-0.1, -0.05) is 0 Å². The Balaban J connectivity index is 0.00000176. The molecule has 0 radical (unpaired) electrons. The van der Waals surface area contributed by atoms with Crippen molar-refractivity contribution in [2.75, 3.05) is 18.0 Å². The number of aryl methyl sites for hydroxylation is 2. The number of imidazole rings is 1. The highest BCUT2D eigenvalue weighted by atomic mass is 35.5. The van der Waals surface area contributed by atoms with Gasteiger partial charge in [-0.05, 0) is 19.1 Å². The molecule has 22 heavy (non-hydrogen) atoms. The van der Waals surface area contributed by atoms with E-state index in [1.807, 2.05) is 29.9 Å². The minimum absolute atomic E-state index is 0. The van der Waals surface area contributed by atoms with Crippen molar-refractivity contribution >= 4 is 11.4 Å². The van der Waals surface area contributed by atoms with Gasteiger partial charge in [0.1, 0.15) is 18.4 Å². The molecular formula is C15H19ClN4O2. The Morgan fingerprint density at radius 2 is 2.18 bits per heavy atom. The van der Waals surface area contributed by atoms with Crippen LogP contribution in [0.15, 0.2) is 36.9 Å². The highest BCUT2D eigenvalue weighted by molar-refractivity contribution is 5.55. The van der Waals surface area contributed by atoms with Crippen molar-refractivity contribution in [1.29, 1.82) is 0 Å². The summed E-state index contributed by atoms with van der Waals surface area (Å²) in [5.41, 5.74) is 1.97. The quantitative estimate of drug-likeness (QED) is 0.413. The third-order valence-electron chi connectivity index (χ3n) is 4.12. The van der Waals surface area contributed by atoms with E-state index in [0.29, 0.717) is 11.6 Å². The molecule has 0 spiro atoms. The molecule has 1 fully saturated rings. The molecule has 0 amide bonds. The van der Waals surface area contributed by atoms with Crippen LogP contribution in [0.4, 0.5) is 11.4 Å². The second-order valence-corrected chi connectivity index (χ2v) is 5.64. The molecule has 0 bridgehead atoms. The SMILES string of the molecule is Cc1cc(N2CCC(n3cc[n+](C)c3)C2)ccc1[N+](=O)[O-].[Cl-]. The molecule has 1 unspecified atom stereocenters. The zero-order valence-corrected chi connectivity index (χ0v) is 13.4. The average Bonchev–Trinajstić information content (AvgIpc) is 3.06.